The Morgan fingerprint density at radius 1 is 1.04 bits per heavy atom. The summed E-state index contributed by atoms with van der Waals surface area (Å²) in [5, 5.41) is -0.534. The van der Waals surface area contributed by atoms with Crippen molar-refractivity contribution < 1.29 is 17.9 Å². The van der Waals surface area contributed by atoms with E-state index in [2.05, 4.69) is 0 Å². The van der Waals surface area contributed by atoms with Gasteiger partial charge in [-0.2, -0.15) is 0 Å². The lowest BCUT2D eigenvalue weighted by molar-refractivity contribution is 0.0671. The Hall–Kier alpha value is -1.56. The molecule has 2 aliphatic rings. The molecule has 1 aromatic rings. The summed E-state index contributed by atoms with van der Waals surface area (Å²) in [7, 11) is -3.26. The van der Waals surface area contributed by atoms with E-state index in [4.69, 9.17) is 4.74 Å². The second-order valence-corrected chi connectivity index (χ2v) is 8.64. The van der Waals surface area contributed by atoms with Crippen LogP contribution < -0.4 is 0 Å². The third kappa shape index (κ3) is 3.86. The summed E-state index contributed by atoms with van der Waals surface area (Å²) >= 11 is 0. The highest BCUT2D eigenvalue weighted by Gasteiger charge is 2.33. The Bertz CT molecular complexity index is 638. The van der Waals surface area contributed by atoms with Gasteiger partial charge < -0.3 is 9.64 Å². The summed E-state index contributed by atoms with van der Waals surface area (Å²) in [5.74, 6) is -0.00761. The molecule has 1 aliphatic heterocycles. The monoisotopic (exact) mass is 337 g/mol. The standard InChI is InChI=1S/C17H23NO4S/c19-17(22-15-8-4-5-9-15)18-11-10-16(23(20,21)13-12-18)14-6-2-1-3-7-14/h1-3,6-7,15-16H,4-5,8-13H2. The number of benzene rings is 1. The molecule has 1 aliphatic carbocycles. The Kier molecular flexibility index (Phi) is 4.90. The number of ether oxygens (including phenoxy) is 1. The second-order valence-electron chi connectivity index (χ2n) is 6.33. The zero-order valence-corrected chi connectivity index (χ0v) is 14.0. The molecule has 1 saturated carbocycles. The highest BCUT2D eigenvalue weighted by atomic mass is 32.2. The van der Waals surface area contributed by atoms with Crippen molar-refractivity contribution >= 4 is 15.9 Å². The van der Waals surface area contributed by atoms with Gasteiger partial charge >= 0.3 is 6.09 Å². The molecule has 0 spiro atoms. The smallest absolute Gasteiger partial charge is 0.410 e. The molecular formula is C17H23NO4S. The van der Waals surface area contributed by atoms with Gasteiger partial charge in [-0.15, -0.1) is 0 Å². The lowest BCUT2D eigenvalue weighted by Crippen LogP contribution is -2.35. The first-order valence-electron chi connectivity index (χ1n) is 8.28. The maximum atomic E-state index is 12.5. The van der Waals surface area contributed by atoms with E-state index in [-0.39, 0.29) is 24.5 Å². The highest BCUT2D eigenvalue weighted by Crippen LogP contribution is 2.30. The molecule has 1 aromatic carbocycles. The number of carbonyl (C=O) groups is 1. The molecule has 6 heteroatoms. The summed E-state index contributed by atoms with van der Waals surface area (Å²) in [6, 6.07) is 9.26. The third-order valence-corrected chi connectivity index (χ3v) is 6.87. The van der Waals surface area contributed by atoms with Crippen molar-refractivity contribution in [2.24, 2.45) is 0 Å². The minimum absolute atomic E-state index is 0.00674. The highest BCUT2D eigenvalue weighted by molar-refractivity contribution is 7.91. The number of hydrogen-bond donors (Lipinski definition) is 0. The van der Waals surface area contributed by atoms with E-state index in [0.29, 0.717) is 13.0 Å². The van der Waals surface area contributed by atoms with Crippen LogP contribution in [0, 0.1) is 0 Å². The number of sulfone groups is 1. The summed E-state index contributed by atoms with van der Waals surface area (Å²) < 4.78 is 30.6. The molecule has 1 heterocycles. The number of amides is 1. The van der Waals surface area contributed by atoms with Crippen molar-refractivity contribution in [2.75, 3.05) is 18.8 Å². The zero-order chi connectivity index (χ0) is 16.3. The lowest BCUT2D eigenvalue weighted by Gasteiger charge is -2.22. The van der Waals surface area contributed by atoms with Crippen molar-refractivity contribution in [3.8, 4) is 0 Å². The van der Waals surface area contributed by atoms with E-state index in [0.717, 1.165) is 31.2 Å². The molecule has 0 radical (unpaired) electrons. The maximum absolute atomic E-state index is 12.5. The van der Waals surface area contributed by atoms with Crippen LogP contribution in [0.25, 0.3) is 0 Å². The minimum atomic E-state index is -3.26. The van der Waals surface area contributed by atoms with Crippen molar-refractivity contribution in [1.82, 2.24) is 4.90 Å². The van der Waals surface area contributed by atoms with Gasteiger partial charge in [0.25, 0.3) is 0 Å². The molecule has 0 bridgehead atoms. The Balaban J connectivity index is 1.68. The Labute approximate surface area is 137 Å². The zero-order valence-electron chi connectivity index (χ0n) is 13.2. The van der Waals surface area contributed by atoms with Crippen LogP contribution in [-0.2, 0) is 14.6 Å². The molecular weight excluding hydrogens is 314 g/mol. The number of hydrogen-bond acceptors (Lipinski definition) is 4. The number of carbonyl (C=O) groups excluding carboxylic acids is 1. The van der Waals surface area contributed by atoms with E-state index < -0.39 is 15.1 Å². The molecule has 5 nitrogen and oxygen atoms in total. The summed E-state index contributed by atoms with van der Waals surface area (Å²) in [6.45, 7) is 0.640. The van der Waals surface area contributed by atoms with Gasteiger partial charge in [0.2, 0.25) is 0 Å². The van der Waals surface area contributed by atoms with Crippen molar-refractivity contribution in [3.63, 3.8) is 0 Å². The van der Waals surface area contributed by atoms with Crippen molar-refractivity contribution in [3.05, 3.63) is 35.9 Å². The summed E-state index contributed by atoms with van der Waals surface area (Å²) in [5.41, 5.74) is 0.804. The fourth-order valence-corrected chi connectivity index (χ4v) is 5.19. The fourth-order valence-electron chi connectivity index (χ4n) is 3.39. The predicted molar refractivity (Wildman–Crippen MR) is 87.9 cm³/mol. The van der Waals surface area contributed by atoms with E-state index in [1.165, 1.54) is 0 Å². The van der Waals surface area contributed by atoms with Crippen LogP contribution in [0.3, 0.4) is 0 Å². The van der Waals surface area contributed by atoms with Crippen LogP contribution in [0.15, 0.2) is 30.3 Å². The van der Waals surface area contributed by atoms with Gasteiger partial charge in [-0.25, -0.2) is 13.2 Å². The summed E-state index contributed by atoms with van der Waals surface area (Å²) in [6.07, 6.45) is 4.11. The van der Waals surface area contributed by atoms with E-state index >= 15 is 0 Å². The Morgan fingerprint density at radius 3 is 2.43 bits per heavy atom. The van der Waals surface area contributed by atoms with Crippen LogP contribution >= 0.6 is 0 Å². The molecule has 3 rings (SSSR count). The lowest BCUT2D eigenvalue weighted by atomic mass is 10.1. The van der Waals surface area contributed by atoms with E-state index in [1.54, 1.807) is 4.90 Å². The van der Waals surface area contributed by atoms with Crippen LogP contribution in [0.5, 0.6) is 0 Å². The molecule has 1 amide bonds. The van der Waals surface area contributed by atoms with Crippen LogP contribution in [-0.4, -0.2) is 44.4 Å². The average Bonchev–Trinajstić information content (AvgIpc) is 2.98. The maximum Gasteiger partial charge on any atom is 0.410 e. The first-order valence-corrected chi connectivity index (χ1v) is 10.00. The fraction of sp³-hybridized carbons (Fsp3) is 0.588. The van der Waals surface area contributed by atoms with Crippen LogP contribution in [0.1, 0.15) is 42.9 Å². The van der Waals surface area contributed by atoms with Gasteiger partial charge in [0.15, 0.2) is 9.84 Å². The average molecular weight is 337 g/mol. The van der Waals surface area contributed by atoms with Crippen LogP contribution in [0.4, 0.5) is 4.79 Å². The molecule has 2 fully saturated rings. The van der Waals surface area contributed by atoms with Crippen molar-refractivity contribution in [2.45, 2.75) is 43.5 Å². The van der Waals surface area contributed by atoms with Gasteiger partial charge in [0.05, 0.1) is 11.0 Å². The number of rotatable bonds is 2. The van der Waals surface area contributed by atoms with Gasteiger partial charge in [-0.05, 0) is 37.7 Å². The normalized spacial score (nSPS) is 25.0. The molecule has 0 N–H and O–H groups in total. The molecule has 1 atom stereocenters. The first kappa shape index (κ1) is 16.3. The van der Waals surface area contributed by atoms with Gasteiger partial charge in [-0.3, -0.25) is 0 Å². The molecule has 23 heavy (non-hydrogen) atoms. The third-order valence-electron chi connectivity index (χ3n) is 4.74. The summed E-state index contributed by atoms with van der Waals surface area (Å²) in [4.78, 5) is 13.8. The molecule has 126 valence electrons. The first-order chi connectivity index (χ1) is 11.1. The Morgan fingerprint density at radius 2 is 1.74 bits per heavy atom. The topological polar surface area (TPSA) is 63.7 Å². The van der Waals surface area contributed by atoms with Gasteiger partial charge in [0.1, 0.15) is 6.10 Å². The second kappa shape index (κ2) is 6.91. The van der Waals surface area contributed by atoms with E-state index in [1.807, 2.05) is 30.3 Å². The quantitative estimate of drug-likeness (QED) is 0.832. The predicted octanol–water partition coefficient (Wildman–Crippen LogP) is 2.93. The van der Waals surface area contributed by atoms with Crippen LogP contribution in [0.2, 0.25) is 0 Å². The molecule has 0 aromatic heterocycles. The largest absolute Gasteiger partial charge is 0.446 e. The van der Waals surface area contributed by atoms with Crippen molar-refractivity contribution in [1.29, 1.82) is 0 Å². The SMILES string of the molecule is O=C(OC1CCCC1)N1CCC(c2ccccc2)S(=O)(=O)CC1. The van der Waals surface area contributed by atoms with Gasteiger partial charge in [0, 0.05) is 13.1 Å². The minimum Gasteiger partial charge on any atom is -0.446 e. The van der Waals surface area contributed by atoms with E-state index in [9.17, 15) is 13.2 Å². The molecule has 1 unspecified atom stereocenters. The molecule has 1 saturated heterocycles. The number of nitrogens with zero attached hydrogens (tertiary/aromatic N) is 1. The van der Waals surface area contributed by atoms with Gasteiger partial charge in [-0.1, -0.05) is 30.3 Å².